The van der Waals surface area contributed by atoms with Gasteiger partial charge in [0.2, 0.25) is 0 Å². The number of aryl methyl sites for hydroxylation is 1. The Kier molecular flexibility index (Phi) is 5.02. The van der Waals surface area contributed by atoms with Crippen LogP contribution in [0.3, 0.4) is 0 Å². The molecule has 1 aliphatic heterocycles. The normalized spacial score (nSPS) is 20.2. The smallest absolute Gasteiger partial charge is 0.119 e. The summed E-state index contributed by atoms with van der Waals surface area (Å²) in [7, 11) is 0. The van der Waals surface area contributed by atoms with E-state index in [2.05, 4.69) is 36.2 Å². The highest BCUT2D eigenvalue weighted by molar-refractivity contribution is 5.27. The summed E-state index contributed by atoms with van der Waals surface area (Å²) in [6.45, 7) is 9.48. The highest BCUT2D eigenvalue weighted by Gasteiger charge is 2.20. The van der Waals surface area contributed by atoms with E-state index in [0.717, 1.165) is 32.0 Å². The molecule has 3 nitrogen and oxygen atoms in total. The zero-order valence-electron chi connectivity index (χ0n) is 11.5. The molecule has 18 heavy (non-hydrogen) atoms. The van der Waals surface area contributed by atoms with Crippen LogP contribution in [-0.4, -0.2) is 43.7 Å². The SMILES string of the molecule is CCNC1CCN(CCOc2cccc(C)c2)C1. The molecule has 0 bridgehead atoms. The van der Waals surface area contributed by atoms with E-state index in [-0.39, 0.29) is 0 Å². The number of hydrogen-bond acceptors (Lipinski definition) is 3. The van der Waals surface area contributed by atoms with Gasteiger partial charge >= 0.3 is 0 Å². The number of ether oxygens (including phenoxy) is 1. The van der Waals surface area contributed by atoms with Crippen molar-refractivity contribution in [2.75, 3.05) is 32.8 Å². The Bertz CT molecular complexity index is 367. The quantitative estimate of drug-likeness (QED) is 0.834. The Morgan fingerprint density at radius 3 is 3.11 bits per heavy atom. The van der Waals surface area contributed by atoms with E-state index < -0.39 is 0 Å². The molecule has 0 saturated carbocycles. The lowest BCUT2D eigenvalue weighted by Crippen LogP contribution is -2.33. The van der Waals surface area contributed by atoms with Gasteiger partial charge in [0.15, 0.2) is 0 Å². The van der Waals surface area contributed by atoms with Crippen molar-refractivity contribution in [1.82, 2.24) is 10.2 Å². The maximum absolute atomic E-state index is 5.78. The summed E-state index contributed by atoms with van der Waals surface area (Å²) in [5, 5.41) is 3.51. The first-order valence-electron chi connectivity index (χ1n) is 6.93. The molecule has 1 atom stereocenters. The molecule has 1 aromatic carbocycles. The number of likely N-dealkylation sites (N-methyl/N-ethyl adjacent to an activating group) is 1. The van der Waals surface area contributed by atoms with Gasteiger partial charge in [0.1, 0.15) is 12.4 Å². The highest BCUT2D eigenvalue weighted by Crippen LogP contribution is 2.13. The van der Waals surface area contributed by atoms with Crippen molar-refractivity contribution < 1.29 is 4.74 Å². The molecular formula is C15H24N2O. The van der Waals surface area contributed by atoms with Crippen LogP contribution in [0, 0.1) is 6.92 Å². The number of nitrogens with one attached hydrogen (secondary N) is 1. The third-order valence-corrected chi connectivity index (χ3v) is 3.43. The van der Waals surface area contributed by atoms with Crippen molar-refractivity contribution in [2.45, 2.75) is 26.3 Å². The Morgan fingerprint density at radius 2 is 2.33 bits per heavy atom. The molecule has 1 aliphatic rings. The molecule has 0 aromatic heterocycles. The maximum atomic E-state index is 5.78. The molecule has 1 unspecified atom stereocenters. The fourth-order valence-electron chi connectivity index (χ4n) is 2.49. The van der Waals surface area contributed by atoms with E-state index in [0.29, 0.717) is 6.04 Å². The Hall–Kier alpha value is -1.06. The summed E-state index contributed by atoms with van der Waals surface area (Å²) in [4.78, 5) is 2.48. The molecule has 0 aliphatic carbocycles. The molecular weight excluding hydrogens is 224 g/mol. The van der Waals surface area contributed by atoms with E-state index >= 15 is 0 Å². The summed E-state index contributed by atoms with van der Waals surface area (Å²) >= 11 is 0. The maximum Gasteiger partial charge on any atom is 0.119 e. The number of rotatable bonds is 6. The molecule has 1 fully saturated rings. The fourth-order valence-corrected chi connectivity index (χ4v) is 2.49. The van der Waals surface area contributed by atoms with Gasteiger partial charge in [0.05, 0.1) is 0 Å². The second-order valence-electron chi connectivity index (χ2n) is 5.01. The molecule has 0 radical (unpaired) electrons. The molecule has 1 saturated heterocycles. The Morgan fingerprint density at radius 1 is 1.44 bits per heavy atom. The van der Waals surface area contributed by atoms with E-state index in [4.69, 9.17) is 4.74 Å². The number of benzene rings is 1. The van der Waals surface area contributed by atoms with Gasteiger partial charge in [-0.3, -0.25) is 4.90 Å². The lowest BCUT2D eigenvalue weighted by atomic mass is 10.2. The largest absolute Gasteiger partial charge is 0.492 e. The van der Waals surface area contributed by atoms with E-state index in [1.165, 1.54) is 18.5 Å². The van der Waals surface area contributed by atoms with Crippen molar-refractivity contribution in [2.24, 2.45) is 0 Å². The van der Waals surface area contributed by atoms with Gasteiger partial charge in [0, 0.05) is 19.1 Å². The van der Waals surface area contributed by atoms with Crippen LogP contribution in [0.5, 0.6) is 5.75 Å². The molecule has 1 N–H and O–H groups in total. The molecule has 3 heteroatoms. The molecule has 0 amide bonds. The van der Waals surface area contributed by atoms with Crippen molar-refractivity contribution in [3.05, 3.63) is 29.8 Å². The summed E-state index contributed by atoms with van der Waals surface area (Å²) in [5.41, 5.74) is 1.25. The first kappa shape index (κ1) is 13.4. The topological polar surface area (TPSA) is 24.5 Å². The van der Waals surface area contributed by atoms with E-state index in [1.807, 2.05) is 12.1 Å². The van der Waals surface area contributed by atoms with E-state index in [9.17, 15) is 0 Å². The first-order valence-corrected chi connectivity index (χ1v) is 6.93. The number of nitrogens with zero attached hydrogens (tertiary/aromatic N) is 1. The van der Waals surface area contributed by atoms with Crippen molar-refractivity contribution in [1.29, 1.82) is 0 Å². The molecule has 1 heterocycles. The van der Waals surface area contributed by atoms with Crippen molar-refractivity contribution in [3.8, 4) is 5.75 Å². The van der Waals surface area contributed by atoms with E-state index in [1.54, 1.807) is 0 Å². The van der Waals surface area contributed by atoms with Crippen LogP contribution in [-0.2, 0) is 0 Å². The molecule has 0 spiro atoms. The van der Waals surface area contributed by atoms with Crippen LogP contribution in [0.2, 0.25) is 0 Å². The summed E-state index contributed by atoms with van der Waals surface area (Å²) < 4.78 is 5.78. The predicted octanol–water partition coefficient (Wildman–Crippen LogP) is 2.06. The van der Waals surface area contributed by atoms with Crippen LogP contribution in [0.1, 0.15) is 18.9 Å². The fraction of sp³-hybridized carbons (Fsp3) is 0.600. The van der Waals surface area contributed by atoms with Crippen LogP contribution in [0.4, 0.5) is 0 Å². The Labute approximate surface area is 110 Å². The van der Waals surface area contributed by atoms with Crippen LogP contribution in [0.15, 0.2) is 24.3 Å². The second kappa shape index (κ2) is 6.76. The van der Waals surface area contributed by atoms with Gasteiger partial charge in [-0.15, -0.1) is 0 Å². The molecule has 100 valence electrons. The average Bonchev–Trinajstić information content (AvgIpc) is 2.78. The molecule has 2 rings (SSSR count). The van der Waals surface area contributed by atoms with Crippen molar-refractivity contribution in [3.63, 3.8) is 0 Å². The summed E-state index contributed by atoms with van der Waals surface area (Å²) in [6.07, 6.45) is 1.26. The summed E-state index contributed by atoms with van der Waals surface area (Å²) in [5.74, 6) is 0.984. The third kappa shape index (κ3) is 4.00. The number of hydrogen-bond donors (Lipinski definition) is 1. The monoisotopic (exact) mass is 248 g/mol. The highest BCUT2D eigenvalue weighted by atomic mass is 16.5. The first-order chi connectivity index (χ1) is 8.78. The van der Waals surface area contributed by atoms with Gasteiger partial charge in [-0.2, -0.15) is 0 Å². The van der Waals surface area contributed by atoms with Crippen LogP contribution >= 0.6 is 0 Å². The zero-order valence-corrected chi connectivity index (χ0v) is 11.5. The lowest BCUT2D eigenvalue weighted by molar-refractivity contribution is 0.234. The summed E-state index contributed by atoms with van der Waals surface area (Å²) in [6, 6.07) is 8.92. The zero-order chi connectivity index (χ0) is 12.8. The van der Waals surface area contributed by atoms with Crippen molar-refractivity contribution >= 4 is 0 Å². The predicted molar refractivity (Wildman–Crippen MR) is 75.2 cm³/mol. The Balaban J connectivity index is 1.67. The molecule has 1 aromatic rings. The minimum Gasteiger partial charge on any atom is -0.492 e. The minimum absolute atomic E-state index is 0.675. The van der Waals surface area contributed by atoms with Gasteiger partial charge in [0.25, 0.3) is 0 Å². The number of likely N-dealkylation sites (tertiary alicyclic amines) is 1. The standard InChI is InChI=1S/C15H24N2O/c1-3-16-14-7-8-17(12-14)9-10-18-15-6-4-5-13(2)11-15/h4-6,11,14,16H,3,7-10,12H2,1-2H3. The van der Waals surface area contributed by atoms with Crippen LogP contribution < -0.4 is 10.1 Å². The van der Waals surface area contributed by atoms with Gasteiger partial charge in [-0.25, -0.2) is 0 Å². The van der Waals surface area contributed by atoms with Gasteiger partial charge < -0.3 is 10.1 Å². The minimum atomic E-state index is 0.675. The second-order valence-corrected chi connectivity index (χ2v) is 5.01. The average molecular weight is 248 g/mol. The van der Waals surface area contributed by atoms with Gasteiger partial charge in [-0.05, 0) is 44.1 Å². The van der Waals surface area contributed by atoms with Gasteiger partial charge in [-0.1, -0.05) is 19.1 Å². The lowest BCUT2D eigenvalue weighted by Gasteiger charge is -2.16. The third-order valence-electron chi connectivity index (χ3n) is 3.43. The van der Waals surface area contributed by atoms with Crippen LogP contribution in [0.25, 0.3) is 0 Å².